The second-order valence-corrected chi connectivity index (χ2v) is 3.94. The van der Waals surface area contributed by atoms with Gasteiger partial charge in [0, 0.05) is 11.8 Å². The third-order valence-electron chi connectivity index (χ3n) is 2.73. The van der Waals surface area contributed by atoms with Gasteiger partial charge >= 0.3 is 0 Å². The zero-order valence-corrected chi connectivity index (χ0v) is 9.24. The minimum absolute atomic E-state index is 0.221. The monoisotopic (exact) mass is 227 g/mol. The van der Waals surface area contributed by atoms with Crippen molar-refractivity contribution in [2.24, 2.45) is 0 Å². The summed E-state index contributed by atoms with van der Waals surface area (Å²) in [6, 6.07) is 6.90. The van der Waals surface area contributed by atoms with E-state index < -0.39 is 0 Å². The average Bonchev–Trinajstić information content (AvgIpc) is 2.76. The molecule has 0 radical (unpaired) electrons. The van der Waals surface area contributed by atoms with Crippen molar-refractivity contribution < 1.29 is 4.39 Å². The number of halogens is 1. The Kier molecular flexibility index (Phi) is 2.14. The van der Waals surface area contributed by atoms with Crippen molar-refractivity contribution >= 4 is 11.0 Å². The normalized spacial score (nSPS) is 10.9. The van der Waals surface area contributed by atoms with E-state index in [9.17, 15) is 4.39 Å². The van der Waals surface area contributed by atoms with Gasteiger partial charge in [0.15, 0.2) is 0 Å². The molecular weight excluding hydrogens is 217 g/mol. The second kappa shape index (κ2) is 3.66. The largest absolute Gasteiger partial charge is 0.337 e. The zero-order valence-electron chi connectivity index (χ0n) is 9.24. The number of nitrogens with zero attached hydrogens (tertiary/aromatic N) is 2. The fourth-order valence-electron chi connectivity index (χ4n) is 1.73. The average molecular weight is 227 g/mol. The van der Waals surface area contributed by atoms with Crippen LogP contribution in [0.3, 0.4) is 0 Å². The van der Waals surface area contributed by atoms with Gasteiger partial charge in [-0.25, -0.2) is 9.37 Å². The van der Waals surface area contributed by atoms with Gasteiger partial charge in [0.25, 0.3) is 0 Å². The molecule has 84 valence electrons. The number of aryl methyl sites for hydroxylation is 1. The molecule has 0 saturated heterocycles. The van der Waals surface area contributed by atoms with Gasteiger partial charge in [-0.1, -0.05) is 12.1 Å². The van der Waals surface area contributed by atoms with Gasteiger partial charge in [-0.05, 0) is 24.6 Å². The standard InChI is InChI=1S/C13H10FN3/c1-8-2-3-9(6-10(8)14)13-16-11-4-5-15-7-12(11)17-13/h2-7H,1H3,(H,16,17). The van der Waals surface area contributed by atoms with E-state index in [1.165, 1.54) is 6.07 Å². The summed E-state index contributed by atoms with van der Waals surface area (Å²) in [5.74, 6) is 0.438. The Hall–Kier alpha value is -2.23. The minimum atomic E-state index is -0.221. The van der Waals surface area contributed by atoms with Crippen molar-refractivity contribution in [3.05, 3.63) is 48.0 Å². The third-order valence-corrected chi connectivity index (χ3v) is 2.73. The first-order valence-electron chi connectivity index (χ1n) is 5.30. The van der Waals surface area contributed by atoms with Gasteiger partial charge < -0.3 is 4.98 Å². The lowest BCUT2D eigenvalue weighted by Crippen LogP contribution is -1.85. The Balaban J connectivity index is 2.17. The molecule has 3 rings (SSSR count). The Labute approximate surface area is 97.3 Å². The summed E-state index contributed by atoms with van der Waals surface area (Å²) < 4.78 is 13.5. The number of benzene rings is 1. The van der Waals surface area contributed by atoms with Crippen LogP contribution in [0.1, 0.15) is 5.56 Å². The molecule has 2 heterocycles. The lowest BCUT2D eigenvalue weighted by atomic mass is 10.1. The molecule has 2 aromatic heterocycles. The molecule has 0 unspecified atom stereocenters. The number of nitrogens with one attached hydrogen (secondary N) is 1. The summed E-state index contributed by atoms with van der Waals surface area (Å²) in [5.41, 5.74) is 3.05. The van der Waals surface area contributed by atoms with Gasteiger partial charge in [0.1, 0.15) is 11.6 Å². The van der Waals surface area contributed by atoms with E-state index in [1.54, 1.807) is 25.4 Å². The molecule has 0 aliphatic rings. The lowest BCUT2D eigenvalue weighted by molar-refractivity contribution is 0.619. The van der Waals surface area contributed by atoms with Crippen LogP contribution in [-0.2, 0) is 0 Å². The molecule has 0 spiro atoms. The van der Waals surface area contributed by atoms with Crippen LogP contribution >= 0.6 is 0 Å². The first kappa shape index (κ1) is 9.96. The number of rotatable bonds is 1. The molecule has 17 heavy (non-hydrogen) atoms. The maximum Gasteiger partial charge on any atom is 0.138 e. The lowest BCUT2D eigenvalue weighted by Gasteiger charge is -1.99. The van der Waals surface area contributed by atoms with E-state index in [4.69, 9.17) is 0 Å². The number of hydrogen-bond acceptors (Lipinski definition) is 2. The number of aromatic amines is 1. The van der Waals surface area contributed by atoms with Gasteiger partial charge in [-0.15, -0.1) is 0 Å². The van der Waals surface area contributed by atoms with Gasteiger partial charge in [0.05, 0.1) is 17.2 Å². The second-order valence-electron chi connectivity index (χ2n) is 3.94. The number of hydrogen-bond donors (Lipinski definition) is 1. The molecule has 4 heteroatoms. The highest BCUT2D eigenvalue weighted by Crippen LogP contribution is 2.21. The van der Waals surface area contributed by atoms with E-state index in [-0.39, 0.29) is 5.82 Å². The topological polar surface area (TPSA) is 41.6 Å². The molecule has 0 fully saturated rings. The van der Waals surface area contributed by atoms with E-state index in [2.05, 4.69) is 15.0 Å². The maximum atomic E-state index is 13.5. The highest BCUT2D eigenvalue weighted by molar-refractivity contribution is 5.78. The number of pyridine rings is 1. The number of fused-ring (bicyclic) bond motifs is 1. The zero-order chi connectivity index (χ0) is 11.8. The molecule has 3 aromatic rings. The summed E-state index contributed by atoms with van der Waals surface area (Å²) in [6.07, 6.45) is 3.39. The SMILES string of the molecule is Cc1ccc(-c2nc3ccncc3[nH]2)cc1F. The van der Waals surface area contributed by atoms with Crippen LogP contribution in [0.5, 0.6) is 0 Å². The first-order valence-corrected chi connectivity index (χ1v) is 5.30. The molecular formula is C13H10FN3. The minimum Gasteiger partial charge on any atom is -0.337 e. The number of aromatic nitrogens is 3. The fourth-order valence-corrected chi connectivity index (χ4v) is 1.73. The van der Waals surface area contributed by atoms with Crippen molar-refractivity contribution in [2.75, 3.05) is 0 Å². The van der Waals surface area contributed by atoms with Crippen LogP contribution in [-0.4, -0.2) is 15.0 Å². The van der Waals surface area contributed by atoms with Crippen molar-refractivity contribution in [3.63, 3.8) is 0 Å². The highest BCUT2D eigenvalue weighted by Gasteiger charge is 2.06. The van der Waals surface area contributed by atoms with Crippen LogP contribution in [0, 0.1) is 12.7 Å². The molecule has 0 amide bonds. The van der Waals surface area contributed by atoms with Crippen molar-refractivity contribution in [2.45, 2.75) is 6.92 Å². The van der Waals surface area contributed by atoms with Crippen LogP contribution in [0.15, 0.2) is 36.7 Å². The Bertz CT molecular complexity index is 655. The van der Waals surface area contributed by atoms with Crippen LogP contribution in [0.2, 0.25) is 0 Å². The number of H-pyrrole nitrogens is 1. The van der Waals surface area contributed by atoms with Crippen LogP contribution in [0.4, 0.5) is 4.39 Å². The van der Waals surface area contributed by atoms with Crippen LogP contribution < -0.4 is 0 Å². The maximum absolute atomic E-state index is 13.5. The van der Waals surface area contributed by atoms with Crippen molar-refractivity contribution in [1.82, 2.24) is 15.0 Å². The Morgan fingerprint density at radius 1 is 1.24 bits per heavy atom. The van der Waals surface area contributed by atoms with Gasteiger partial charge in [-0.3, -0.25) is 4.98 Å². The smallest absolute Gasteiger partial charge is 0.138 e. The molecule has 0 atom stereocenters. The Morgan fingerprint density at radius 3 is 2.88 bits per heavy atom. The summed E-state index contributed by atoms with van der Waals surface area (Å²) in [6.45, 7) is 1.74. The fraction of sp³-hybridized carbons (Fsp3) is 0.0769. The van der Waals surface area contributed by atoms with Crippen molar-refractivity contribution in [3.8, 4) is 11.4 Å². The molecule has 1 N–H and O–H groups in total. The predicted molar refractivity (Wildman–Crippen MR) is 64.0 cm³/mol. The molecule has 0 aliphatic heterocycles. The Morgan fingerprint density at radius 2 is 2.12 bits per heavy atom. The summed E-state index contributed by atoms with van der Waals surface area (Å²) in [5, 5.41) is 0. The predicted octanol–water partition coefficient (Wildman–Crippen LogP) is 3.07. The molecule has 1 aromatic carbocycles. The summed E-state index contributed by atoms with van der Waals surface area (Å²) in [7, 11) is 0. The quantitative estimate of drug-likeness (QED) is 0.694. The van der Waals surface area contributed by atoms with Crippen molar-refractivity contribution in [1.29, 1.82) is 0 Å². The first-order chi connectivity index (χ1) is 8.24. The molecule has 3 nitrogen and oxygen atoms in total. The van der Waals surface area contributed by atoms with E-state index in [0.717, 1.165) is 16.6 Å². The van der Waals surface area contributed by atoms with Gasteiger partial charge in [-0.2, -0.15) is 0 Å². The van der Waals surface area contributed by atoms with Gasteiger partial charge in [0.2, 0.25) is 0 Å². The van der Waals surface area contributed by atoms with Crippen LogP contribution in [0.25, 0.3) is 22.4 Å². The summed E-state index contributed by atoms with van der Waals surface area (Å²) >= 11 is 0. The molecule has 0 bridgehead atoms. The highest BCUT2D eigenvalue weighted by atomic mass is 19.1. The summed E-state index contributed by atoms with van der Waals surface area (Å²) in [4.78, 5) is 11.5. The van der Waals surface area contributed by atoms with E-state index in [1.807, 2.05) is 12.1 Å². The third kappa shape index (κ3) is 1.67. The van der Waals surface area contributed by atoms with E-state index >= 15 is 0 Å². The van der Waals surface area contributed by atoms with E-state index in [0.29, 0.717) is 11.4 Å². The molecule has 0 aliphatic carbocycles. The number of imidazole rings is 1. The molecule has 0 saturated carbocycles.